The predicted molar refractivity (Wildman–Crippen MR) is 93.0 cm³/mol. The molecule has 25 heavy (non-hydrogen) atoms. The molecule has 0 amide bonds. The van der Waals surface area contributed by atoms with E-state index in [0.717, 1.165) is 16.8 Å². The Bertz CT molecular complexity index is 1100. The number of aryl methyl sites for hydroxylation is 1. The predicted octanol–water partition coefficient (Wildman–Crippen LogP) is 2.69. The molecule has 1 heterocycles. The second-order valence-corrected chi connectivity index (χ2v) is 7.69. The standard InChI is InChI=1S/C16H15FN2O4S2/c1-19-14-12(22-2)8-9-13(23-3)15(14)24-16(19)18-25(20,21)11-6-4-10(17)5-7-11/h4-9H,1-3H3. The van der Waals surface area contributed by atoms with Crippen LogP contribution in [0, 0.1) is 5.82 Å². The molecule has 0 saturated carbocycles. The number of thiazole rings is 1. The van der Waals surface area contributed by atoms with Gasteiger partial charge < -0.3 is 14.0 Å². The minimum Gasteiger partial charge on any atom is -0.495 e. The van der Waals surface area contributed by atoms with Crippen LogP contribution in [0.5, 0.6) is 11.5 Å². The molecular formula is C16H15FN2O4S2. The van der Waals surface area contributed by atoms with Crippen LogP contribution in [0.1, 0.15) is 0 Å². The zero-order valence-electron chi connectivity index (χ0n) is 13.7. The van der Waals surface area contributed by atoms with Crippen LogP contribution >= 0.6 is 11.3 Å². The van der Waals surface area contributed by atoms with E-state index >= 15 is 0 Å². The maximum Gasteiger partial charge on any atom is 0.285 e. The van der Waals surface area contributed by atoms with Crippen LogP contribution < -0.4 is 14.3 Å². The summed E-state index contributed by atoms with van der Waals surface area (Å²) in [5, 5.41) is 0. The molecule has 0 aliphatic carbocycles. The molecule has 0 unspecified atom stereocenters. The third-order valence-electron chi connectivity index (χ3n) is 3.62. The first kappa shape index (κ1) is 17.4. The minimum atomic E-state index is -3.97. The summed E-state index contributed by atoms with van der Waals surface area (Å²) in [6.45, 7) is 0. The lowest BCUT2D eigenvalue weighted by Crippen LogP contribution is -2.14. The highest BCUT2D eigenvalue weighted by Gasteiger charge is 2.17. The third kappa shape index (κ3) is 3.12. The fourth-order valence-electron chi connectivity index (χ4n) is 2.37. The second kappa shape index (κ2) is 6.49. The molecule has 1 aromatic heterocycles. The van der Waals surface area contributed by atoms with E-state index in [2.05, 4.69) is 4.40 Å². The maximum atomic E-state index is 13.0. The van der Waals surface area contributed by atoms with Gasteiger partial charge in [-0.05, 0) is 36.4 Å². The molecule has 9 heteroatoms. The number of fused-ring (bicyclic) bond motifs is 1. The molecule has 0 N–H and O–H groups in total. The molecule has 3 rings (SSSR count). The number of hydrogen-bond donors (Lipinski definition) is 0. The van der Waals surface area contributed by atoms with Gasteiger partial charge in [0.05, 0.1) is 19.1 Å². The van der Waals surface area contributed by atoms with Gasteiger partial charge in [0.1, 0.15) is 27.5 Å². The Morgan fingerprint density at radius 3 is 2.24 bits per heavy atom. The monoisotopic (exact) mass is 382 g/mol. The SMILES string of the molecule is COc1ccc(OC)c2c1sc(=NS(=O)(=O)c1ccc(F)cc1)n2C. The van der Waals surface area contributed by atoms with E-state index in [9.17, 15) is 12.8 Å². The Morgan fingerprint density at radius 2 is 1.64 bits per heavy atom. The van der Waals surface area contributed by atoms with Crippen molar-refractivity contribution in [2.24, 2.45) is 11.4 Å². The van der Waals surface area contributed by atoms with E-state index < -0.39 is 15.8 Å². The van der Waals surface area contributed by atoms with E-state index in [0.29, 0.717) is 17.0 Å². The summed E-state index contributed by atoms with van der Waals surface area (Å²) in [6.07, 6.45) is 0. The third-order valence-corrected chi connectivity index (χ3v) is 6.17. The fourth-order valence-corrected chi connectivity index (χ4v) is 4.73. The Morgan fingerprint density at radius 1 is 1.04 bits per heavy atom. The molecule has 0 radical (unpaired) electrons. The summed E-state index contributed by atoms with van der Waals surface area (Å²) in [6, 6.07) is 8.02. The number of ether oxygens (including phenoxy) is 2. The molecule has 0 saturated heterocycles. The van der Waals surface area contributed by atoms with Gasteiger partial charge in [-0.3, -0.25) is 0 Å². The first-order valence-corrected chi connectivity index (χ1v) is 9.40. The number of rotatable bonds is 4. The highest BCUT2D eigenvalue weighted by atomic mass is 32.2. The Kier molecular flexibility index (Phi) is 4.53. The summed E-state index contributed by atoms with van der Waals surface area (Å²) in [7, 11) is 0.789. The number of hydrogen-bond acceptors (Lipinski definition) is 5. The largest absolute Gasteiger partial charge is 0.495 e. The number of halogens is 1. The van der Waals surface area contributed by atoms with Crippen LogP contribution in [-0.2, 0) is 17.1 Å². The van der Waals surface area contributed by atoms with Crippen molar-refractivity contribution in [2.75, 3.05) is 14.2 Å². The first-order valence-electron chi connectivity index (χ1n) is 7.14. The van der Waals surface area contributed by atoms with Crippen LogP contribution in [0.2, 0.25) is 0 Å². The van der Waals surface area contributed by atoms with E-state index in [1.165, 1.54) is 37.7 Å². The van der Waals surface area contributed by atoms with E-state index in [4.69, 9.17) is 9.47 Å². The highest BCUT2D eigenvalue weighted by molar-refractivity contribution is 7.90. The van der Waals surface area contributed by atoms with Crippen LogP contribution in [0.4, 0.5) is 4.39 Å². The smallest absolute Gasteiger partial charge is 0.285 e. The molecule has 0 bridgehead atoms. The van der Waals surface area contributed by atoms with Crippen molar-refractivity contribution in [3.63, 3.8) is 0 Å². The second-order valence-electron chi connectivity index (χ2n) is 5.11. The summed E-state index contributed by atoms with van der Waals surface area (Å²) in [5.41, 5.74) is 0.680. The number of nitrogens with zero attached hydrogens (tertiary/aromatic N) is 2. The van der Waals surface area contributed by atoms with Gasteiger partial charge in [0.2, 0.25) is 4.80 Å². The lowest BCUT2D eigenvalue weighted by Gasteiger charge is -2.06. The van der Waals surface area contributed by atoms with Gasteiger partial charge in [-0.25, -0.2) is 4.39 Å². The molecule has 0 fully saturated rings. The van der Waals surface area contributed by atoms with Crippen LogP contribution in [0.15, 0.2) is 45.7 Å². The normalized spacial score (nSPS) is 12.6. The fraction of sp³-hybridized carbons (Fsp3) is 0.188. The van der Waals surface area contributed by atoms with Crippen molar-refractivity contribution < 1.29 is 22.3 Å². The average Bonchev–Trinajstić information content (AvgIpc) is 2.91. The van der Waals surface area contributed by atoms with Gasteiger partial charge >= 0.3 is 0 Å². The molecule has 0 aliphatic heterocycles. The van der Waals surface area contributed by atoms with E-state index in [1.54, 1.807) is 23.7 Å². The van der Waals surface area contributed by atoms with Crippen LogP contribution in [0.3, 0.4) is 0 Å². The quantitative estimate of drug-likeness (QED) is 0.696. The molecule has 2 aromatic carbocycles. The van der Waals surface area contributed by atoms with Gasteiger partial charge in [0.25, 0.3) is 10.0 Å². The summed E-state index contributed by atoms with van der Waals surface area (Å²) in [5.74, 6) is 0.660. The van der Waals surface area contributed by atoms with Gasteiger partial charge in [0, 0.05) is 7.05 Å². The molecule has 6 nitrogen and oxygen atoms in total. The van der Waals surface area contributed by atoms with Gasteiger partial charge in [-0.1, -0.05) is 11.3 Å². The molecule has 0 spiro atoms. The molecule has 0 atom stereocenters. The number of methoxy groups -OCH3 is 2. The first-order chi connectivity index (χ1) is 11.9. The van der Waals surface area contributed by atoms with Gasteiger partial charge in [0.15, 0.2) is 0 Å². The van der Waals surface area contributed by atoms with E-state index in [-0.39, 0.29) is 9.70 Å². The van der Waals surface area contributed by atoms with Crippen molar-refractivity contribution in [3.05, 3.63) is 47.0 Å². The maximum absolute atomic E-state index is 13.0. The lowest BCUT2D eigenvalue weighted by molar-refractivity contribution is 0.409. The number of aromatic nitrogens is 1. The Hall–Kier alpha value is -2.39. The topological polar surface area (TPSA) is 69.9 Å². The number of benzene rings is 2. The summed E-state index contributed by atoms with van der Waals surface area (Å²) < 4.78 is 54.9. The molecule has 132 valence electrons. The number of sulfonamides is 1. The molecular weight excluding hydrogens is 367 g/mol. The average molecular weight is 382 g/mol. The van der Waals surface area contributed by atoms with Crippen molar-refractivity contribution in [1.29, 1.82) is 0 Å². The highest BCUT2D eigenvalue weighted by Crippen LogP contribution is 2.34. The molecule has 0 aliphatic rings. The Balaban J connectivity index is 2.27. The zero-order chi connectivity index (χ0) is 18.2. The van der Waals surface area contributed by atoms with Crippen molar-refractivity contribution in [1.82, 2.24) is 4.57 Å². The van der Waals surface area contributed by atoms with Gasteiger partial charge in [-0.2, -0.15) is 8.42 Å². The van der Waals surface area contributed by atoms with Crippen molar-refractivity contribution >= 4 is 31.6 Å². The summed E-state index contributed by atoms with van der Waals surface area (Å²) >= 11 is 1.17. The van der Waals surface area contributed by atoms with Crippen LogP contribution in [0.25, 0.3) is 10.2 Å². The van der Waals surface area contributed by atoms with Crippen LogP contribution in [-0.4, -0.2) is 27.2 Å². The zero-order valence-corrected chi connectivity index (χ0v) is 15.3. The minimum absolute atomic E-state index is 0.0784. The summed E-state index contributed by atoms with van der Waals surface area (Å²) in [4.78, 5) is 0.174. The Labute approximate surface area is 147 Å². The lowest BCUT2D eigenvalue weighted by atomic mass is 10.3. The van der Waals surface area contributed by atoms with Gasteiger partial charge in [-0.15, -0.1) is 4.40 Å². The van der Waals surface area contributed by atoms with Crippen molar-refractivity contribution in [2.45, 2.75) is 4.90 Å². The van der Waals surface area contributed by atoms with Crippen molar-refractivity contribution in [3.8, 4) is 11.5 Å². The molecule has 3 aromatic rings. The van der Waals surface area contributed by atoms with E-state index in [1.807, 2.05) is 0 Å².